The molecule has 0 aliphatic carbocycles. The van der Waals surface area contributed by atoms with Gasteiger partial charge in [0.25, 0.3) is 0 Å². The van der Waals surface area contributed by atoms with E-state index in [0.717, 1.165) is 37.4 Å². The molecule has 1 aliphatic rings. The monoisotopic (exact) mass is 337 g/mol. The highest BCUT2D eigenvalue weighted by molar-refractivity contribution is 6.36. The maximum absolute atomic E-state index is 6.26. The maximum Gasteiger partial charge on any atom is 0.223 e. The summed E-state index contributed by atoms with van der Waals surface area (Å²) in [5, 5.41) is 4.52. The molecule has 0 aromatic carbocycles. The molecular formula is C15H17Cl2N5. The first-order valence-corrected chi connectivity index (χ1v) is 7.99. The standard InChI is InChI=1S/C15H17Cl2N5/c1-10-4-5-18-15(20-10)21-12-3-2-6-22(9-12)14-13(17)7-11(16)8-19-14/h4-5,7-8,12H,2-3,6,9H2,1H3,(H,18,20,21). The number of nitrogens with one attached hydrogen (secondary N) is 1. The second kappa shape index (κ2) is 6.67. The van der Waals surface area contributed by atoms with E-state index in [1.807, 2.05) is 13.0 Å². The summed E-state index contributed by atoms with van der Waals surface area (Å²) in [6.45, 7) is 3.70. The average Bonchev–Trinajstić information content (AvgIpc) is 2.47. The van der Waals surface area contributed by atoms with Gasteiger partial charge in [-0.15, -0.1) is 0 Å². The van der Waals surface area contributed by atoms with Crippen molar-refractivity contribution < 1.29 is 0 Å². The largest absolute Gasteiger partial charge is 0.353 e. The first kappa shape index (κ1) is 15.3. The van der Waals surface area contributed by atoms with E-state index >= 15 is 0 Å². The van der Waals surface area contributed by atoms with E-state index in [1.54, 1.807) is 18.5 Å². The quantitative estimate of drug-likeness (QED) is 0.927. The molecule has 116 valence electrons. The Balaban J connectivity index is 1.71. The molecule has 22 heavy (non-hydrogen) atoms. The lowest BCUT2D eigenvalue weighted by Crippen LogP contribution is -2.43. The predicted molar refractivity (Wildman–Crippen MR) is 89.9 cm³/mol. The molecule has 2 aromatic heterocycles. The molecule has 0 radical (unpaired) electrons. The van der Waals surface area contributed by atoms with Crippen molar-refractivity contribution in [3.63, 3.8) is 0 Å². The van der Waals surface area contributed by atoms with E-state index in [2.05, 4.69) is 25.2 Å². The van der Waals surface area contributed by atoms with E-state index in [9.17, 15) is 0 Å². The highest BCUT2D eigenvalue weighted by atomic mass is 35.5. The van der Waals surface area contributed by atoms with Crippen molar-refractivity contribution in [2.75, 3.05) is 23.3 Å². The number of aryl methyl sites for hydroxylation is 1. The van der Waals surface area contributed by atoms with Crippen LogP contribution in [-0.4, -0.2) is 34.1 Å². The number of hydrogen-bond acceptors (Lipinski definition) is 5. The van der Waals surface area contributed by atoms with Crippen molar-refractivity contribution in [3.05, 3.63) is 40.3 Å². The summed E-state index contributed by atoms with van der Waals surface area (Å²) >= 11 is 12.2. The van der Waals surface area contributed by atoms with Crippen molar-refractivity contribution in [1.29, 1.82) is 0 Å². The van der Waals surface area contributed by atoms with Crippen LogP contribution in [0.15, 0.2) is 24.5 Å². The van der Waals surface area contributed by atoms with Crippen molar-refractivity contribution in [1.82, 2.24) is 15.0 Å². The fourth-order valence-electron chi connectivity index (χ4n) is 2.63. The molecule has 1 N–H and O–H groups in total. The van der Waals surface area contributed by atoms with Gasteiger partial charge < -0.3 is 10.2 Å². The van der Waals surface area contributed by atoms with Gasteiger partial charge in [0.05, 0.1) is 10.0 Å². The molecule has 7 heteroatoms. The molecule has 0 bridgehead atoms. The Morgan fingerprint density at radius 2 is 2.18 bits per heavy atom. The summed E-state index contributed by atoms with van der Waals surface area (Å²) in [4.78, 5) is 15.2. The Hall–Kier alpha value is -1.59. The molecule has 0 saturated carbocycles. The number of rotatable bonds is 3. The van der Waals surface area contributed by atoms with Crippen LogP contribution in [0.5, 0.6) is 0 Å². The van der Waals surface area contributed by atoms with Crippen molar-refractivity contribution >= 4 is 35.0 Å². The van der Waals surface area contributed by atoms with Gasteiger partial charge in [0.2, 0.25) is 5.95 Å². The molecule has 1 atom stereocenters. The SMILES string of the molecule is Cc1ccnc(NC2CCCN(c3ncc(Cl)cc3Cl)C2)n1. The Labute approximate surface area is 139 Å². The van der Waals surface area contributed by atoms with E-state index in [0.29, 0.717) is 16.0 Å². The van der Waals surface area contributed by atoms with Crippen LogP contribution in [0.25, 0.3) is 0 Å². The summed E-state index contributed by atoms with van der Waals surface area (Å²) in [5.74, 6) is 1.45. The van der Waals surface area contributed by atoms with Crippen LogP contribution in [0.2, 0.25) is 10.0 Å². The van der Waals surface area contributed by atoms with E-state index in [4.69, 9.17) is 23.2 Å². The number of hydrogen-bond donors (Lipinski definition) is 1. The molecule has 5 nitrogen and oxygen atoms in total. The Bertz CT molecular complexity index is 664. The summed E-state index contributed by atoms with van der Waals surface area (Å²) in [5.41, 5.74) is 0.951. The van der Waals surface area contributed by atoms with Crippen LogP contribution in [0.4, 0.5) is 11.8 Å². The Morgan fingerprint density at radius 1 is 1.32 bits per heavy atom. The van der Waals surface area contributed by atoms with E-state index in [1.165, 1.54) is 0 Å². The first-order valence-electron chi connectivity index (χ1n) is 7.24. The van der Waals surface area contributed by atoms with Gasteiger partial charge in [0, 0.05) is 37.2 Å². The third-order valence-corrected chi connectivity index (χ3v) is 4.12. The summed E-state index contributed by atoms with van der Waals surface area (Å²) in [7, 11) is 0. The van der Waals surface area contributed by atoms with Gasteiger partial charge in [-0.25, -0.2) is 15.0 Å². The zero-order chi connectivity index (χ0) is 15.5. The number of halogens is 2. The van der Waals surface area contributed by atoms with Crippen LogP contribution in [0.1, 0.15) is 18.5 Å². The average molecular weight is 338 g/mol. The molecule has 3 heterocycles. The van der Waals surface area contributed by atoms with Crippen molar-refractivity contribution in [2.24, 2.45) is 0 Å². The lowest BCUT2D eigenvalue weighted by Gasteiger charge is -2.34. The number of anilines is 2. The van der Waals surface area contributed by atoms with Gasteiger partial charge in [-0.05, 0) is 31.9 Å². The minimum Gasteiger partial charge on any atom is -0.353 e. The number of piperidine rings is 1. The van der Waals surface area contributed by atoms with Crippen LogP contribution in [0, 0.1) is 6.92 Å². The maximum atomic E-state index is 6.26. The zero-order valence-electron chi connectivity index (χ0n) is 12.3. The van der Waals surface area contributed by atoms with Gasteiger partial charge in [0.15, 0.2) is 0 Å². The van der Waals surface area contributed by atoms with Gasteiger partial charge in [-0.3, -0.25) is 0 Å². The smallest absolute Gasteiger partial charge is 0.223 e. The van der Waals surface area contributed by atoms with Gasteiger partial charge in [-0.2, -0.15) is 0 Å². The number of aromatic nitrogens is 3. The summed E-state index contributed by atoms with van der Waals surface area (Å²) < 4.78 is 0. The van der Waals surface area contributed by atoms with Crippen LogP contribution in [0.3, 0.4) is 0 Å². The topological polar surface area (TPSA) is 53.9 Å². The molecule has 0 spiro atoms. The number of pyridine rings is 1. The van der Waals surface area contributed by atoms with Crippen molar-refractivity contribution in [2.45, 2.75) is 25.8 Å². The molecule has 1 saturated heterocycles. The summed E-state index contributed by atoms with van der Waals surface area (Å²) in [6.07, 6.45) is 5.52. The third-order valence-electron chi connectivity index (χ3n) is 3.64. The minimum atomic E-state index is 0.268. The molecule has 1 aliphatic heterocycles. The summed E-state index contributed by atoms with van der Waals surface area (Å²) in [6, 6.07) is 3.88. The fourth-order valence-corrected chi connectivity index (χ4v) is 3.13. The lowest BCUT2D eigenvalue weighted by atomic mass is 10.1. The highest BCUT2D eigenvalue weighted by Gasteiger charge is 2.23. The molecule has 1 unspecified atom stereocenters. The number of nitrogens with zero attached hydrogens (tertiary/aromatic N) is 4. The lowest BCUT2D eigenvalue weighted by molar-refractivity contribution is 0.524. The Morgan fingerprint density at radius 3 is 2.95 bits per heavy atom. The first-order chi connectivity index (χ1) is 10.6. The van der Waals surface area contributed by atoms with Gasteiger partial charge in [0.1, 0.15) is 5.82 Å². The third kappa shape index (κ3) is 3.59. The van der Waals surface area contributed by atoms with Crippen LogP contribution in [-0.2, 0) is 0 Å². The Kier molecular flexibility index (Phi) is 4.64. The van der Waals surface area contributed by atoms with Gasteiger partial charge >= 0.3 is 0 Å². The molecular weight excluding hydrogens is 321 g/mol. The second-order valence-corrected chi connectivity index (χ2v) is 6.25. The fraction of sp³-hybridized carbons (Fsp3) is 0.400. The minimum absolute atomic E-state index is 0.268. The van der Waals surface area contributed by atoms with E-state index < -0.39 is 0 Å². The molecule has 0 amide bonds. The zero-order valence-corrected chi connectivity index (χ0v) is 13.8. The highest BCUT2D eigenvalue weighted by Crippen LogP contribution is 2.28. The van der Waals surface area contributed by atoms with E-state index in [-0.39, 0.29) is 6.04 Å². The molecule has 3 rings (SSSR count). The van der Waals surface area contributed by atoms with Gasteiger partial charge in [-0.1, -0.05) is 23.2 Å². The van der Waals surface area contributed by atoms with Crippen LogP contribution < -0.4 is 10.2 Å². The second-order valence-electron chi connectivity index (χ2n) is 5.41. The predicted octanol–water partition coefficient (Wildman–Crippen LogP) is 3.57. The normalized spacial score (nSPS) is 18.3. The molecule has 2 aromatic rings. The van der Waals surface area contributed by atoms with Crippen molar-refractivity contribution in [3.8, 4) is 0 Å². The van der Waals surface area contributed by atoms with Crippen LogP contribution >= 0.6 is 23.2 Å². The molecule has 1 fully saturated rings.